The van der Waals surface area contributed by atoms with Crippen molar-refractivity contribution in [2.24, 2.45) is 7.05 Å². The molecular weight excluding hydrogens is 394 g/mol. The van der Waals surface area contributed by atoms with Crippen LogP contribution in [0.1, 0.15) is 21.4 Å². The molecule has 0 unspecified atom stereocenters. The van der Waals surface area contributed by atoms with Crippen LogP contribution in [0.4, 0.5) is 0 Å². The van der Waals surface area contributed by atoms with Crippen molar-refractivity contribution in [3.8, 4) is 0 Å². The van der Waals surface area contributed by atoms with Crippen LogP contribution in [0.3, 0.4) is 0 Å². The molecule has 7 nitrogen and oxygen atoms in total. The highest BCUT2D eigenvalue weighted by Crippen LogP contribution is 2.31. The standard InChI is InChI=1S/C19H23N5O2S2/c1-14-8-21-18(27-14)9-20-17-11-24(10-16(17)15-6-4-3-5-7-15)28(25,26)19-12-23(2)13-22-19/h3-8,12-13,16-17,20H,9-11H2,1-2H3/t16-,17+/m1/s1. The monoisotopic (exact) mass is 417 g/mol. The lowest BCUT2D eigenvalue weighted by molar-refractivity contribution is 0.454. The van der Waals surface area contributed by atoms with Gasteiger partial charge >= 0.3 is 0 Å². The Morgan fingerprint density at radius 3 is 2.64 bits per heavy atom. The van der Waals surface area contributed by atoms with E-state index in [2.05, 4.69) is 27.4 Å². The molecule has 3 heterocycles. The summed E-state index contributed by atoms with van der Waals surface area (Å²) in [4.78, 5) is 9.63. The van der Waals surface area contributed by atoms with E-state index in [0.717, 1.165) is 10.6 Å². The van der Waals surface area contributed by atoms with Crippen molar-refractivity contribution in [1.82, 2.24) is 24.2 Å². The van der Waals surface area contributed by atoms with Gasteiger partial charge in [-0.15, -0.1) is 11.3 Å². The predicted octanol–water partition coefficient (Wildman–Crippen LogP) is 2.13. The Hall–Kier alpha value is -2.07. The molecule has 0 radical (unpaired) electrons. The smallest absolute Gasteiger partial charge is 0.262 e. The summed E-state index contributed by atoms with van der Waals surface area (Å²) in [5.74, 6) is 0.0701. The fourth-order valence-corrected chi connectivity index (χ4v) is 5.76. The second-order valence-corrected chi connectivity index (χ2v) is 10.3. The molecule has 1 aliphatic heterocycles. The van der Waals surface area contributed by atoms with E-state index in [-0.39, 0.29) is 17.0 Å². The molecule has 1 fully saturated rings. The molecule has 2 aromatic heterocycles. The van der Waals surface area contributed by atoms with Crippen molar-refractivity contribution in [3.63, 3.8) is 0 Å². The summed E-state index contributed by atoms with van der Waals surface area (Å²) in [5.41, 5.74) is 1.13. The first-order chi connectivity index (χ1) is 13.4. The second-order valence-electron chi connectivity index (χ2n) is 7.07. The Bertz CT molecular complexity index is 1050. The molecule has 1 aromatic carbocycles. The average Bonchev–Trinajstić information content (AvgIpc) is 3.40. The van der Waals surface area contributed by atoms with E-state index < -0.39 is 10.0 Å². The molecule has 9 heteroatoms. The molecule has 0 aliphatic carbocycles. The summed E-state index contributed by atoms with van der Waals surface area (Å²) in [7, 11) is -1.86. The van der Waals surface area contributed by atoms with Crippen molar-refractivity contribution in [2.75, 3.05) is 13.1 Å². The average molecular weight is 418 g/mol. The van der Waals surface area contributed by atoms with Gasteiger partial charge in [0.2, 0.25) is 0 Å². The fourth-order valence-electron chi connectivity index (χ4n) is 3.56. The van der Waals surface area contributed by atoms with Gasteiger partial charge in [-0.2, -0.15) is 4.31 Å². The summed E-state index contributed by atoms with van der Waals surface area (Å²) < 4.78 is 29.3. The van der Waals surface area contributed by atoms with E-state index in [1.807, 2.05) is 31.3 Å². The number of thiazole rings is 1. The third-order valence-corrected chi connectivity index (χ3v) is 7.61. The van der Waals surface area contributed by atoms with E-state index >= 15 is 0 Å². The van der Waals surface area contributed by atoms with Crippen LogP contribution in [0.5, 0.6) is 0 Å². The number of nitrogens with zero attached hydrogens (tertiary/aromatic N) is 4. The third-order valence-electron chi connectivity index (χ3n) is 4.98. The molecule has 0 amide bonds. The van der Waals surface area contributed by atoms with Gasteiger partial charge in [0.15, 0.2) is 5.03 Å². The maximum Gasteiger partial charge on any atom is 0.262 e. The largest absolute Gasteiger partial charge is 0.339 e. The Labute approximate surface area is 169 Å². The Morgan fingerprint density at radius 2 is 2.00 bits per heavy atom. The first-order valence-corrected chi connectivity index (χ1v) is 11.4. The van der Waals surface area contributed by atoms with Gasteiger partial charge in [0.05, 0.1) is 6.33 Å². The molecule has 3 aromatic rings. The lowest BCUT2D eigenvalue weighted by Gasteiger charge is -2.19. The lowest BCUT2D eigenvalue weighted by atomic mass is 9.94. The zero-order valence-corrected chi connectivity index (χ0v) is 17.4. The normalized spacial score (nSPS) is 20.6. The minimum absolute atomic E-state index is 0.00472. The SMILES string of the molecule is Cc1cnc(CN[C@H]2CN(S(=O)(=O)c3cn(C)cn3)C[C@@H]2c2ccccc2)s1. The number of hydrogen-bond donors (Lipinski definition) is 1. The molecular formula is C19H23N5O2S2. The van der Waals surface area contributed by atoms with E-state index in [9.17, 15) is 8.42 Å². The molecule has 2 atom stereocenters. The van der Waals surface area contributed by atoms with Crippen LogP contribution in [0.15, 0.2) is 54.1 Å². The minimum Gasteiger partial charge on any atom is -0.339 e. The minimum atomic E-state index is -3.62. The highest BCUT2D eigenvalue weighted by molar-refractivity contribution is 7.89. The molecule has 0 bridgehead atoms. The Morgan fingerprint density at radius 1 is 1.21 bits per heavy atom. The summed E-state index contributed by atoms with van der Waals surface area (Å²) in [6.07, 6.45) is 4.92. The van der Waals surface area contributed by atoms with Crippen molar-refractivity contribution in [3.05, 3.63) is 64.5 Å². The van der Waals surface area contributed by atoms with Crippen LogP contribution in [0.25, 0.3) is 0 Å². The highest BCUT2D eigenvalue weighted by Gasteiger charge is 2.40. The van der Waals surface area contributed by atoms with Gasteiger partial charge < -0.3 is 9.88 Å². The maximum atomic E-state index is 13.1. The highest BCUT2D eigenvalue weighted by atomic mass is 32.2. The maximum absolute atomic E-state index is 13.1. The van der Waals surface area contributed by atoms with Gasteiger partial charge in [-0.25, -0.2) is 18.4 Å². The van der Waals surface area contributed by atoms with Crippen molar-refractivity contribution >= 4 is 21.4 Å². The lowest BCUT2D eigenvalue weighted by Crippen LogP contribution is -2.36. The molecule has 148 valence electrons. The first kappa shape index (κ1) is 19.3. The van der Waals surface area contributed by atoms with Crippen molar-refractivity contribution < 1.29 is 8.42 Å². The van der Waals surface area contributed by atoms with E-state index in [1.54, 1.807) is 29.1 Å². The first-order valence-electron chi connectivity index (χ1n) is 9.11. The summed E-state index contributed by atoms with van der Waals surface area (Å²) in [6, 6.07) is 10.1. The topological polar surface area (TPSA) is 80.1 Å². The quantitative estimate of drug-likeness (QED) is 0.665. The second kappa shape index (κ2) is 7.75. The molecule has 1 aliphatic rings. The molecule has 0 saturated carbocycles. The number of nitrogens with one attached hydrogen (secondary N) is 1. The van der Waals surface area contributed by atoms with Crippen LogP contribution >= 0.6 is 11.3 Å². The van der Waals surface area contributed by atoms with Crippen LogP contribution in [0.2, 0.25) is 0 Å². The van der Waals surface area contributed by atoms with Crippen LogP contribution in [-0.2, 0) is 23.6 Å². The van der Waals surface area contributed by atoms with Crippen LogP contribution in [-0.4, -0.2) is 46.4 Å². The molecule has 1 saturated heterocycles. The summed E-state index contributed by atoms with van der Waals surface area (Å²) in [5, 5.41) is 4.64. The number of aromatic nitrogens is 3. The number of sulfonamides is 1. The zero-order chi connectivity index (χ0) is 19.7. The summed E-state index contributed by atoms with van der Waals surface area (Å²) in [6.45, 7) is 3.50. The van der Waals surface area contributed by atoms with Crippen LogP contribution in [0, 0.1) is 6.92 Å². The zero-order valence-electron chi connectivity index (χ0n) is 15.8. The Balaban J connectivity index is 1.57. The third kappa shape index (κ3) is 3.88. The van der Waals surface area contributed by atoms with Crippen molar-refractivity contribution in [2.45, 2.75) is 30.5 Å². The van der Waals surface area contributed by atoms with Gasteiger partial charge in [-0.05, 0) is 12.5 Å². The van der Waals surface area contributed by atoms with E-state index in [1.165, 1.54) is 15.5 Å². The van der Waals surface area contributed by atoms with Crippen molar-refractivity contribution in [1.29, 1.82) is 0 Å². The molecule has 0 spiro atoms. The van der Waals surface area contributed by atoms with E-state index in [0.29, 0.717) is 19.6 Å². The fraction of sp³-hybridized carbons (Fsp3) is 0.368. The Kier molecular flexibility index (Phi) is 5.33. The number of benzene rings is 1. The van der Waals surface area contributed by atoms with Gasteiger partial charge in [-0.1, -0.05) is 30.3 Å². The van der Waals surface area contributed by atoms with Gasteiger partial charge in [0.1, 0.15) is 5.01 Å². The number of aryl methyl sites for hydroxylation is 2. The van der Waals surface area contributed by atoms with E-state index in [4.69, 9.17) is 0 Å². The molecule has 1 N–H and O–H groups in total. The number of rotatable bonds is 6. The number of hydrogen-bond acceptors (Lipinski definition) is 6. The number of imidazole rings is 1. The predicted molar refractivity (Wildman–Crippen MR) is 109 cm³/mol. The molecule has 28 heavy (non-hydrogen) atoms. The van der Waals surface area contributed by atoms with Gasteiger partial charge in [0.25, 0.3) is 10.0 Å². The van der Waals surface area contributed by atoms with Gasteiger partial charge in [0, 0.05) is 55.9 Å². The summed E-state index contributed by atoms with van der Waals surface area (Å²) >= 11 is 1.66. The van der Waals surface area contributed by atoms with Crippen LogP contribution < -0.4 is 5.32 Å². The van der Waals surface area contributed by atoms with Gasteiger partial charge in [-0.3, -0.25) is 0 Å². The molecule has 4 rings (SSSR count).